The highest BCUT2D eigenvalue weighted by molar-refractivity contribution is 7.89. The number of carbonyl (C=O) groups excluding carboxylic acids is 2. The van der Waals surface area contributed by atoms with Crippen molar-refractivity contribution < 1.29 is 27.1 Å². The SMILES string of the molecule is Cc1ccc(C(=O)[C@H](C)OC(=O)CN(C)S(=O)(=O)c2ccc(F)cc2)cc1. The van der Waals surface area contributed by atoms with E-state index in [2.05, 4.69) is 0 Å². The van der Waals surface area contributed by atoms with E-state index in [-0.39, 0.29) is 10.7 Å². The number of halogens is 1. The Balaban J connectivity index is 2.00. The van der Waals surface area contributed by atoms with Crippen LogP contribution < -0.4 is 0 Å². The van der Waals surface area contributed by atoms with Gasteiger partial charge in [-0.2, -0.15) is 4.31 Å². The van der Waals surface area contributed by atoms with Gasteiger partial charge in [0.15, 0.2) is 6.10 Å². The number of rotatable bonds is 7. The number of esters is 1. The number of Topliss-reactive ketones (excluding diaryl/α,β-unsaturated/α-hetero) is 1. The molecule has 0 saturated heterocycles. The standard InChI is InChI=1S/C19H20FNO5S/c1-13-4-6-15(7-5-13)19(23)14(2)26-18(22)12-21(3)27(24,25)17-10-8-16(20)9-11-17/h4-11,14H,12H2,1-3H3/t14-/m0/s1. The maximum Gasteiger partial charge on any atom is 0.322 e. The molecule has 0 bridgehead atoms. The lowest BCUT2D eigenvalue weighted by molar-refractivity contribution is -0.146. The molecular formula is C19H20FNO5S. The summed E-state index contributed by atoms with van der Waals surface area (Å²) in [6.07, 6.45) is -1.05. The Morgan fingerprint density at radius 2 is 1.63 bits per heavy atom. The quantitative estimate of drug-likeness (QED) is 0.534. The van der Waals surface area contributed by atoms with Crippen LogP contribution in [0.2, 0.25) is 0 Å². The number of hydrogen-bond acceptors (Lipinski definition) is 5. The molecular weight excluding hydrogens is 373 g/mol. The largest absolute Gasteiger partial charge is 0.453 e. The van der Waals surface area contributed by atoms with Gasteiger partial charge in [-0.3, -0.25) is 9.59 Å². The van der Waals surface area contributed by atoms with Gasteiger partial charge in [-0.05, 0) is 38.1 Å². The Labute approximate surface area is 157 Å². The molecule has 144 valence electrons. The van der Waals surface area contributed by atoms with E-state index in [9.17, 15) is 22.4 Å². The van der Waals surface area contributed by atoms with Crippen molar-refractivity contribution in [2.24, 2.45) is 0 Å². The van der Waals surface area contributed by atoms with E-state index in [1.807, 2.05) is 6.92 Å². The maximum atomic E-state index is 13.0. The first-order valence-electron chi connectivity index (χ1n) is 8.13. The molecule has 0 saturated carbocycles. The average molecular weight is 393 g/mol. The van der Waals surface area contributed by atoms with Crippen LogP contribution in [0.4, 0.5) is 4.39 Å². The van der Waals surface area contributed by atoms with Crippen LogP contribution in [-0.2, 0) is 19.6 Å². The minimum absolute atomic E-state index is 0.150. The highest BCUT2D eigenvalue weighted by Gasteiger charge is 2.26. The van der Waals surface area contributed by atoms with Crippen molar-refractivity contribution in [2.75, 3.05) is 13.6 Å². The summed E-state index contributed by atoms with van der Waals surface area (Å²) < 4.78 is 43.6. The average Bonchev–Trinajstić information content (AvgIpc) is 2.61. The predicted octanol–water partition coefficient (Wildman–Crippen LogP) is 2.57. The monoisotopic (exact) mass is 393 g/mol. The molecule has 0 aromatic heterocycles. The molecule has 0 aliphatic heterocycles. The number of likely N-dealkylation sites (N-methyl/N-ethyl adjacent to an activating group) is 1. The Morgan fingerprint density at radius 1 is 1.07 bits per heavy atom. The molecule has 1 atom stereocenters. The summed E-state index contributed by atoms with van der Waals surface area (Å²) in [6.45, 7) is 2.73. The zero-order valence-corrected chi connectivity index (χ0v) is 16.0. The van der Waals surface area contributed by atoms with Gasteiger partial charge in [0.1, 0.15) is 12.4 Å². The first-order valence-corrected chi connectivity index (χ1v) is 9.57. The molecule has 8 heteroatoms. The number of sulfonamides is 1. The van der Waals surface area contributed by atoms with Crippen LogP contribution in [0.25, 0.3) is 0 Å². The normalized spacial score (nSPS) is 12.6. The number of ketones is 1. The van der Waals surface area contributed by atoms with Crippen LogP contribution >= 0.6 is 0 Å². The van der Waals surface area contributed by atoms with Crippen molar-refractivity contribution >= 4 is 21.8 Å². The van der Waals surface area contributed by atoms with Crippen LogP contribution in [-0.4, -0.2) is 44.2 Å². The molecule has 0 heterocycles. The number of nitrogens with zero attached hydrogens (tertiary/aromatic N) is 1. The minimum Gasteiger partial charge on any atom is -0.453 e. The van der Waals surface area contributed by atoms with Crippen LogP contribution in [0, 0.1) is 12.7 Å². The summed E-state index contributed by atoms with van der Waals surface area (Å²) in [7, 11) is -2.78. The summed E-state index contributed by atoms with van der Waals surface area (Å²) in [5.41, 5.74) is 1.39. The van der Waals surface area contributed by atoms with E-state index in [4.69, 9.17) is 4.74 Å². The summed E-state index contributed by atoms with van der Waals surface area (Å²) in [5.74, 6) is -1.82. The van der Waals surface area contributed by atoms with Crippen LogP contribution in [0.3, 0.4) is 0 Å². The number of ether oxygens (including phenoxy) is 1. The molecule has 2 aromatic carbocycles. The lowest BCUT2D eigenvalue weighted by Gasteiger charge is -2.18. The Kier molecular flexibility index (Phi) is 6.45. The van der Waals surface area contributed by atoms with Crippen molar-refractivity contribution in [1.82, 2.24) is 4.31 Å². The predicted molar refractivity (Wildman–Crippen MR) is 97.3 cm³/mol. The second-order valence-electron chi connectivity index (χ2n) is 6.08. The van der Waals surface area contributed by atoms with Gasteiger partial charge in [-0.15, -0.1) is 0 Å². The topological polar surface area (TPSA) is 80.8 Å². The summed E-state index contributed by atoms with van der Waals surface area (Å²) in [6, 6.07) is 11.0. The third kappa shape index (κ3) is 5.21. The second kappa shape index (κ2) is 8.41. The highest BCUT2D eigenvalue weighted by atomic mass is 32.2. The van der Waals surface area contributed by atoms with Crippen LogP contribution in [0.1, 0.15) is 22.8 Å². The van der Waals surface area contributed by atoms with E-state index in [0.717, 1.165) is 34.1 Å². The van der Waals surface area contributed by atoms with Crippen molar-refractivity contribution in [2.45, 2.75) is 24.8 Å². The molecule has 0 amide bonds. The molecule has 0 unspecified atom stereocenters. The Morgan fingerprint density at radius 3 is 2.19 bits per heavy atom. The molecule has 0 aliphatic carbocycles. The van der Waals surface area contributed by atoms with Gasteiger partial charge in [0.2, 0.25) is 15.8 Å². The molecule has 0 radical (unpaired) electrons. The first-order chi connectivity index (χ1) is 12.6. The Hall–Kier alpha value is -2.58. The molecule has 0 spiro atoms. The van der Waals surface area contributed by atoms with E-state index in [0.29, 0.717) is 5.56 Å². The van der Waals surface area contributed by atoms with E-state index in [1.54, 1.807) is 24.3 Å². The van der Waals surface area contributed by atoms with E-state index < -0.39 is 34.5 Å². The zero-order chi connectivity index (χ0) is 20.2. The number of aryl methyl sites for hydroxylation is 1. The summed E-state index contributed by atoms with van der Waals surface area (Å²) in [4.78, 5) is 24.2. The van der Waals surface area contributed by atoms with Gasteiger partial charge >= 0.3 is 5.97 Å². The van der Waals surface area contributed by atoms with Gasteiger partial charge in [-0.25, -0.2) is 12.8 Å². The summed E-state index contributed by atoms with van der Waals surface area (Å²) >= 11 is 0. The van der Waals surface area contributed by atoms with Gasteiger partial charge in [-0.1, -0.05) is 29.8 Å². The van der Waals surface area contributed by atoms with Gasteiger partial charge in [0.05, 0.1) is 4.90 Å². The van der Waals surface area contributed by atoms with Crippen molar-refractivity contribution in [3.05, 3.63) is 65.5 Å². The first kappa shape index (κ1) is 20.7. The number of carbonyl (C=O) groups is 2. The third-order valence-electron chi connectivity index (χ3n) is 3.89. The molecule has 0 fully saturated rings. The fourth-order valence-electron chi connectivity index (χ4n) is 2.29. The highest BCUT2D eigenvalue weighted by Crippen LogP contribution is 2.15. The molecule has 6 nitrogen and oxygen atoms in total. The van der Waals surface area contributed by atoms with Crippen molar-refractivity contribution in [3.63, 3.8) is 0 Å². The third-order valence-corrected chi connectivity index (χ3v) is 5.70. The van der Waals surface area contributed by atoms with Gasteiger partial charge in [0.25, 0.3) is 0 Å². The zero-order valence-electron chi connectivity index (χ0n) is 15.2. The van der Waals surface area contributed by atoms with Gasteiger partial charge in [0, 0.05) is 12.6 Å². The molecule has 2 aromatic rings. The van der Waals surface area contributed by atoms with E-state index >= 15 is 0 Å². The molecule has 0 N–H and O–H groups in total. The minimum atomic E-state index is -3.98. The second-order valence-corrected chi connectivity index (χ2v) is 8.12. The molecule has 27 heavy (non-hydrogen) atoms. The fraction of sp³-hybridized carbons (Fsp3) is 0.263. The lowest BCUT2D eigenvalue weighted by Crippen LogP contribution is -2.35. The number of benzene rings is 2. The van der Waals surface area contributed by atoms with E-state index in [1.165, 1.54) is 14.0 Å². The van der Waals surface area contributed by atoms with Crippen molar-refractivity contribution in [1.29, 1.82) is 0 Å². The number of hydrogen-bond donors (Lipinski definition) is 0. The molecule has 2 rings (SSSR count). The lowest BCUT2D eigenvalue weighted by atomic mass is 10.1. The molecule has 0 aliphatic rings. The Bertz CT molecular complexity index is 924. The van der Waals surface area contributed by atoms with Gasteiger partial charge < -0.3 is 4.74 Å². The summed E-state index contributed by atoms with van der Waals surface area (Å²) in [5, 5.41) is 0. The van der Waals surface area contributed by atoms with Crippen LogP contribution in [0.5, 0.6) is 0 Å². The van der Waals surface area contributed by atoms with Crippen LogP contribution in [0.15, 0.2) is 53.4 Å². The maximum absolute atomic E-state index is 13.0. The van der Waals surface area contributed by atoms with Crippen molar-refractivity contribution in [3.8, 4) is 0 Å². The fourth-order valence-corrected chi connectivity index (χ4v) is 3.41. The smallest absolute Gasteiger partial charge is 0.322 e.